The molecule has 0 unspecified atom stereocenters. The predicted octanol–water partition coefficient (Wildman–Crippen LogP) is 3.00. The van der Waals surface area contributed by atoms with E-state index in [1.807, 2.05) is 24.3 Å². The van der Waals surface area contributed by atoms with Crippen molar-refractivity contribution in [1.82, 2.24) is 5.32 Å². The minimum absolute atomic E-state index is 0.124. The molecule has 0 spiro atoms. The Balaban J connectivity index is 1.40. The van der Waals surface area contributed by atoms with Crippen LogP contribution in [0.3, 0.4) is 0 Å². The maximum atomic E-state index is 12.1. The molecule has 5 heteroatoms. The first-order valence-corrected chi connectivity index (χ1v) is 9.24. The van der Waals surface area contributed by atoms with Gasteiger partial charge in [0.25, 0.3) is 0 Å². The Morgan fingerprint density at radius 3 is 2.42 bits per heavy atom. The predicted molar refractivity (Wildman–Crippen MR) is 97.4 cm³/mol. The number of hydrogen-bond donors (Lipinski definition) is 3. The van der Waals surface area contributed by atoms with Gasteiger partial charge in [0, 0.05) is 37.1 Å². The fourth-order valence-corrected chi connectivity index (χ4v) is 3.46. The summed E-state index contributed by atoms with van der Waals surface area (Å²) in [5.74, 6) is 0.821. The van der Waals surface area contributed by atoms with Crippen LogP contribution in [-0.2, 0) is 9.53 Å². The smallest absolute Gasteiger partial charge is 0.224 e. The summed E-state index contributed by atoms with van der Waals surface area (Å²) in [4.78, 5) is 12.1. The molecule has 1 amide bonds. The maximum Gasteiger partial charge on any atom is 0.224 e. The van der Waals surface area contributed by atoms with Gasteiger partial charge in [-0.15, -0.1) is 0 Å². The summed E-state index contributed by atoms with van der Waals surface area (Å²) in [5.41, 5.74) is 1.98. The van der Waals surface area contributed by atoms with Gasteiger partial charge in [-0.2, -0.15) is 0 Å². The van der Waals surface area contributed by atoms with Gasteiger partial charge in [0.15, 0.2) is 0 Å². The molecule has 24 heavy (non-hydrogen) atoms. The van der Waals surface area contributed by atoms with E-state index in [0.29, 0.717) is 18.4 Å². The van der Waals surface area contributed by atoms with Gasteiger partial charge in [0.2, 0.25) is 5.91 Å². The van der Waals surface area contributed by atoms with Gasteiger partial charge < -0.3 is 20.7 Å². The summed E-state index contributed by atoms with van der Waals surface area (Å²) in [5, 5.41) is 9.90. The molecule has 0 radical (unpaired) electrons. The lowest BCUT2D eigenvalue weighted by Crippen LogP contribution is -2.28. The summed E-state index contributed by atoms with van der Waals surface area (Å²) >= 11 is 0. The Hall–Kier alpha value is -1.59. The van der Waals surface area contributed by atoms with Crippen molar-refractivity contribution >= 4 is 17.3 Å². The number of anilines is 2. The zero-order chi connectivity index (χ0) is 16.6. The highest BCUT2D eigenvalue weighted by molar-refractivity contribution is 5.90. The second kappa shape index (κ2) is 9.04. The third-order valence-corrected chi connectivity index (χ3v) is 5.00. The fourth-order valence-electron chi connectivity index (χ4n) is 3.46. The molecule has 1 aromatic rings. The Labute approximate surface area is 144 Å². The number of piperidine rings is 1. The summed E-state index contributed by atoms with van der Waals surface area (Å²) in [6, 6.07) is 8.52. The summed E-state index contributed by atoms with van der Waals surface area (Å²) in [6.07, 6.45) is 6.10. The van der Waals surface area contributed by atoms with Crippen LogP contribution in [0.2, 0.25) is 0 Å². The van der Waals surface area contributed by atoms with E-state index in [-0.39, 0.29) is 5.91 Å². The lowest BCUT2D eigenvalue weighted by atomic mass is 9.93. The molecule has 0 saturated carbocycles. The molecule has 0 aromatic heterocycles. The largest absolute Gasteiger partial charge is 0.382 e. The quantitative estimate of drug-likeness (QED) is 0.750. The van der Waals surface area contributed by atoms with Crippen LogP contribution in [-0.4, -0.2) is 38.3 Å². The second-order valence-corrected chi connectivity index (χ2v) is 6.89. The van der Waals surface area contributed by atoms with Crippen molar-refractivity contribution in [2.24, 2.45) is 5.92 Å². The average Bonchev–Trinajstić information content (AvgIpc) is 2.63. The highest BCUT2D eigenvalue weighted by Gasteiger charge is 2.15. The minimum Gasteiger partial charge on any atom is -0.382 e. The Kier molecular flexibility index (Phi) is 6.49. The van der Waals surface area contributed by atoms with E-state index in [1.54, 1.807) is 0 Å². The van der Waals surface area contributed by atoms with Crippen LogP contribution in [0.5, 0.6) is 0 Å². The van der Waals surface area contributed by atoms with Crippen molar-refractivity contribution in [3.63, 3.8) is 0 Å². The van der Waals surface area contributed by atoms with Gasteiger partial charge in [-0.3, -0.25) is 4.79 Å². The molecule has 0 atom stereocenters. The molecule has 0 bridgehead atoms. The highest BCUT2D eigenvalue weighted by Crippen LogP contribution is 2.20. The number of benzene rings is 1. The number of carbonyl (C=O) groups is 1. The number of hydrogen-bond acceptors (Lipinski definition) is 4. The molecule has 0 aliphatic carbocycles. The van der Waals surface area contributed by atoms with E-state index in [4.69, 9.17) is 4.74 Å². The Bertz CT molecular complexity index is 506. The van der Waals surface area contributed by atoms with E-state index in [2.05, 4.69) is 16.0 Å². The van der Waals surface area contributed by atoms with E-state index >= 15 is 0 Å². The SMILES string of the molecule is O=C(CCC1CCNCC1)Nc1ccc(NC2CCOCC2)cc1. The molecule has 1 aromatic carbocycles. The van der Waals surface area contributed by atoms with E-state index in [0.717, 1.165) is 56.9 Å². The monoisotopic (exact) mass is 331 g/mol. The van der Waals surface area contributed by atoms with E-state index in [9.17, 15) is 4.79 Å². The van der Waals surface area contributed by atoms with Gasteiger partial charge in [-0.1, -0.05) is 0 Å². The molecule has 2 saturated heterocycles. The number of rotatable bonds is 6. The lowest BCUT2D eigenvalue weighted by Gasteiger charge is -2.24. The normalized spacial score (nSPS) is 19.8. The van der Waals surface area contributed by atoms with Crippen LogP contribution < -0.4 is 16.0 Å². The van der Waals surface area contributed by atoms with Crippen molar-refractivity contribution in [2.45, 2.75) is 44.6 Å². The highest BCUT2D eigenvalue weighted by atomic mass is 16.5. The molecular weight excluding hydrogens is 302 g/mol. The second-order valence-electron chi connectivity index (χ2n) is 6.89. The van der Waals surface area contributed by atoms with Crippen molar-refractivity contribution in [1.29, 1.82) is 0 Å². The Morgan fingerprint density at radius 1 is 1.04 bits per heavy atom. The fraction of sp³-hybridized carbons (Fsp3) is 0.632. The molecular formula is C19H29N3O2. The van der Waals surface area contributed by atoms with Crippen LogP contribution >= 0.6 is 0 Å². The van der Waals surface area contributed by atoms with Crippen molar-refractivity contribution in [3.05, 3.63) is 24.3 Å². The first-order valence-electron chi connectivity index (χ1n) is 9.24. The Morgan fingerprint density at radius 2 is 1.71 bits per heavy atom. The first-order chi connectivity index (χ1) is 11.8. The van der Waals surface area contributed by atoms with Gasteiger partial charge in [-0.25, -0.2) is 0 Å². The van der Waals surface area contributed by atoms with Crippen molar-refractivity contribution in [3.8, 4) is 0 Å². The van der Waals surface area contributed by atoms with Crippen molar-refractivity contribution < 1.29 is 9.53 Å². The number of amides is 1. The zero-order valence-corrected chi connectivity index (χ0v) is 14.4. The third kappa shape index (κ3) is 5.49. The maximum absolute atomic E-state index is 12.1. The molecule has 2 aliphatic heterocycles. The molecule has 3 rings (SSSR count). The third-order valence-electron chi connectivity index (χ3n) is 5.00. The lowest BCUT2D eigenvalue weighted by molar-refractivity contribution is -0.116. The standard InChI is InChI=1S/C19H29N3O2/c23-19(6-1-15-7-11-20-12-8-15)22-17-4-2-16(3-5-17)21-18-9-13-24-14-10-18/h2-5,15,18,20-21H,1,6-14H2,(H,22,23). The van der Waals surface area contributed by atoms with Gasteiger partial charge in [0.1, 0.15) is 0 Å². The van der Waals surface area contributed by atoms with Gasteiger partial charge in [0.05, 0.1) is 0 Å². The van der Waals surface area contributed by atoms with Gasteiger partial charge in [-0.05, 0) is 75.4 Å². The van der Waals surface area contributed by atoms with E-state index < -0.39 is 0 Å². The number of ether oxygens (including phenoxy) is 1. The van der Waals surface area contributed by atoms with Gasteiger partial charge >= 0.3 is 0 Å². The molecule has 5 nitrogen and oxygen atoms in total. The summed E-state index contributed by atoms with van der Waals surface area (Å²) in [6.45, 7) is 3.85. The van der Waals surface area contributed by atoms with Crippen LogP contribution in [0.25, 0.3) is 0 Å². The first kappa shape index (κ1) is 17.2. The topological polar surface area (TPSA) is 62.4 Å². The molecule has 2 fully saturated rings. The molecule has 2 heterocycles. The van der Waals surface area contributed by atoms with E-state index in [1.165, 1.54) is 12.8 Å². The minimum atomic E-state index is 0.124. The molecule has 2 aliphatic rings. The van der Waals surface area contributed by atoms with Crippen LogP contribution in [0.4, 0.5) is 11.4 Å². The van der Waals surface area contributed by atoms with Crippen molar-refractivity contribution in [2.75, 3.05) is 36.9 Å². The van der Waals surface area contributed by atoms with Crippen LogP contribution in [0.1, 0.15) is 38.5 Å². The zero-order valence-electron chi connectivity index (χ0n) is 14.4. The summed E-state index contributed by atoms with van der Waals surface area (Å²) in [7, 11) is 0. The average molecular weight is 331 g/mol. The number of carbonyl (C=O) groups excluding carboxylic acids is 1. The van der Waals surface area contributed by atoms with Crippen LogP contribution in [0.15, 0.2) is 24.3 Å². The molecule has 3 N–H and O–H groups in total. The van der Waals surface area contributed by atoms with Crippen LogP contribution in [0, 0.1) is 5.92 Å². The number of nitrogens with one attached hydrogen (secondary N) is 3. The molecule has 132 valence electrons. The summed E-state index contributed by atoms with van der Waals surface area (Å²) < 4.78 is 5.38.